The fourth-order valence-corrected chi connectivity index (χ4v) is 2.66. The molecular formula is C18H14BF6N3O2. The van der Waals surface area contributed by atoms with Crippen molar-refractivity contribution in [1.29, 1.82) is 0 Å². The van der Waals surface area contributed by atoms with Crippen molar-refractivity contribution in [3.8, 4) is 0 Å². The summed E-state index contributed by atoms with van der Waals surface area (Å²) in [4.78, 5) is 23.3. The molecule has 0 aliphatic carbocycles. The van der Waals surface area contributed by atoms with E-state index in [-0.39, 0.29) is 12.0 Å². The van der Waals surface area contributed by atoms with Gasteiger partial charge in [-0.2, -0.15) is 13.2 Å². The fraction of sp³-hybridized carbons (Fsp3) is 0.222. The third kappa shape index (κ3) is 5.32. The van der Waals surface area contributed by atoms with Gasteiger partial charge in [0.05, 0.1) is 19.1 Å². The number of alkyl halides is 3. The molecule has 2 aromatic carbocycles. The molecule has 0 aliphatic heterocycles. The highest BCUT2D eigenvalue weighted by atomic mass is 19.4. The van der Waals surface area contributed by atoms with Crippen LogP contribution in [0.4, 0.5) is 32.0 Å². The van der Waals surface area contributed by atoms with Gasteiger partial charge in [0.25, 0.3) is 0 Å². The summed E-state index contributed by atoms with van der Waals surface area (Å²) in [5, 5.41) is 2.51. The molecule has 2 amide bonds. The number of nitrogens with one attached hydrogen (secondary N) is 1. The van der Waals surface area contributed by atoms with Crippen molar-refractivity contribution in [3.05, 3.63) is 65.0 Å². The molecule has 158 valence electrons. The Morgan fingerprint density at radius 1 is 1.17 bits per heavy atom. The summed E-state index contributed by atoms with van der Waals surface area (Å²) in [6, 6.07) is 5.16. The third-order valence-electron chi connectivity index (χ3n) is 4.21. The summed E-state index contributed by atoms with van der Waals surface area (Å²) in [6.07, 6.45) is -4.52. The molecule has 2 radical (unpaired) electrons. The largest absolute Gasteiger partial charge is 0.416 e. The lowest BCUT2D eigenvalue weighted by Gasteiger charge is -2.27. The van der Waals surface area contributed by atoms with Gasteiger partial charge >= 0.3 is 6.18 Å². The maximum atomic E-state index is 13.8. The van der Waals surface area contributed by atoms with Crippen molar-refractivity contribution in [2.45, 2.75) is 17.9 Å². The van der Waals surface area contributed by atoms with Gasteiger partial charge in [-0.3, -0.25) is 14.6 Å². The molecule has 0 saturated carbocycles. The summed E-state index contributed by atoms with van der Waals surface area (Å²) in [6.45, 7) is -0.459. The van der Waals surface area contributed by atoms with E-state index >= 15 is 0 Å². The molecular weight excluding hydrogens is 415 g/mol. The second kappa shape index (κ2) is 9.20. The standard InChI is InChI=1S/C18H14BF6N3O2/c19-14(17(30)27-13-5-4-12(20)15(21)16(13)22)11(7-28(26)8-29)9-2-1-3-10(6-9)18(23,24)25/h1-6,8,11,14H,7,26H2,(H,27,30). The Bertz CT molecular complexity index is 941. The molecule has 2 aromatic rings. The number of hydrogen-bond donors (Lipinski definition) is 2. The predicted octanol–water partition coefficient (Wildman–Crippen LogP) is 3.13. The van der Waals surface area contributed by atoms with Gasteiger partial charge in [0, 0.05) is 18.3 Å². The van der Waals surface area contributed by atoms with E-state index < -0.39 is 59.1 Å². The molecule has 12 heteroatoms. The Kier molecular flexibility index (Phi) is 7.14. The Morgan fingerprint density at radius 2 is 1.83 bits per heavy atom. The first kappa shape index (κ1) is 23.3. The molecule has 0 saturated heterocycles. The zero-order valence-electron chi connectivity index (χ0n) is 15.1. The van der Waals surface area contributed by atoms with Crippen molar-refractivity contribution in [2.75, 3.05) is 11.9 Å². The number of hydrogen-bond acceptors (Lipinski definition) is 3. The van der Waals surface area contributed by atoms with E-state index in [2.05, 4.69) is 0 Å². The Balaban J connectivity index is 2.36. The Morgan fingerprint density at radius 3 is 2.43 bits per heavy atom. The van der Waals surface area contributed by atoms with Crippen LogP contribution < -0.4 is 11.2 Å². The summed E-state index contributed by atoms with van der Waals surface area (Å²) in [7, 11) is 5.84. The molecule has 5 nitrogen and oxygen atoms in total. The van der Waals surface area contributed by atoms with E-state index in [0.29, 0.717) is 11.1 Å². The van der Waals surface area contributed by atoms with Crippen LogP contribution in [0.1, 0.15) is 17.0 Å². The minimum Gasteiger partial charge on any atom is -0.324 e. The number of hydrazine groups is 1. The van der Waals surface area contributed by atoms with Gasteiger partial charge < -0.3 is 5.32 Å². The van der Waals surface area contributed by atoms with Gasteiger partial charge in [0.2, 0.25) is 12.3 Å². The molecule has 0 aromatic heterocycles. The van der Waals surface area contributed by atoms with Gasteiger partial charge in [-0.1, -0.05) is 18.2 Å². The van der Waals surface area contributed by atoms with Crippen LogP contribution in [0.2, 0.25) is 5.82 Å². The zero-order chi connectivity index (χ0) is 22.6. The molecule has 30 heavy (non-hydrogen) atoms. The maximum Gasteiger partial charge on any atom is 0.416 e. The first-order valence-electron chi connectivity index (χ1n) is 8.29. The van der Waals surface area contributed by atoms with Crippen LogP contribution in [0.5, 0.6) is 0 Å². The summed E-state index contributed by atoms with van der Waals surface area (Å²) in [5.41, 5.74) is -1.83. The van der Waals surface area contributed by atoms with Gasteiger partial charge in [0.15, 0.2) is 17.5 Å². The van der Waals surface area contributed by atoms with Gasteiger partial charge in [-0.05, 0) is 23.8 Å². The number of halogens is 6. The first-order chi connectivity index (χ1) is 14.0. The molecule has 3 N–H and O–H groups in total. The van der Waals surface area contributed by atoms with E-state index in [9.17, 15) is 35.9 Å². The molecule has 0 spiro atoms. The molecule has 2 unspecified atom stereocenters. The van der Waals surface area contributed by atoms with Crippen LogP contribution in [0.15, 0.2) is 36.4 Å². The average molecular weight is 429 g/mol. The van der Waals surface area contributed by atoms with E-state index in [1.807, 2.05) is 5.32 Å². The number of anilines is 1. The minimum absolute atomic E-state index is 0.0736. The summed E-state index contributed by atoms with van der Waals surface area (Å²) in [5.74, 6) is -3.60. The smallest absolute Gasteiger partial charge is 0.324 e. The van der Waals surface area contributed by atoms with E-state index in [4.69, 9.17) is 13.7 Å². The molecule has 0 bridgehead atoms. The number of carbonyl (C=O) groups is 2. The lowest BCUT2D eigenvalue weighted by atomic mass is 9.72. The lowest BCUT2D eigenvalue weighted by molar-refractivity contribution is -0.137. The monoisotopic (exact) mass is 429 g/mol. The molecule has 2 rings (SSSR count). The number of rotatable bonds is 7. The number of nitrogens with two attached hydrogens (primary N) is 1. The fourth-order valence-electron chi connectivity index (χ4n) is 2.66. The van der Waals surface area contributed by atoms with Crippen LogP contribution in [0, 0.1) is 17.5 Å². The van der Waals surface area contributed by atoms with Crippen molar-refractivity contribution < 1.29 is 35.9 Å². The van der Waals surface area contributed by atoms with Crippen molar-refractivity contribution in [3.63, 3.8) is 0 Å². The highest BCUT2D eigenvalue weighted by molar-refractivity contribution is 6.26. The maximum absolute atomic E-state index is 13.8. The number of benzene rings is 2. The predicted molar refractivity (Wildman–Crippen MR) is 95.6 cm³/mol. The van der Waals surface area contributed by atoms with Crippen molar-refractivity contribution >= 4 is 25.9 Å². The van der Waals surface area contributed by atoms with Crippen molar-refractivity contribution in [1.82, 2.24) is 5.01 Å². The van der Waals surface area contributed by atoms with Gasteiger partial charge in [0.1, 0.15) is 0 Å². The normalized spacial score (nSPS) is 13.4. The van der Waals surface area contributed by atoms with Crippen LogP contribution >= 0.6 is 0 Å². The second-order valence-corrected chi connectivity index (χ2v) is 6.27. The third-order valence-corrected chi connectivity index (χ3v) is 4.21. The summed E-state index contributed by atoms with van der Waals surface area (Å²) < 4.78 is 79.2. The van der Waals surface area contributed by atoms with Gasteiger partial charge in [-0.25, -0.2) is 19.0 Å². The highest BCUT2D eigenvalue weighted by Gasteiger charge is 2.33. The minimum atomic E-state index is -4.69. The second-order valence-electron chi connectivity index (χ2n) is 6.27. The summed E-state index contributed by atoms with van der Waals surface area (Å²) >= 11 is 0. The van der Waals surface area contributed by atoms with Crippen LogP contribution in [0.3, 0.4) is 0 Å². The molecule has 2 atom stereocenters. The SMILES string of the molecule is [B]C(C(=O)Nc1ccc(F)c(F)c1F)C(CN(N)C=O)c1cccc(C(F)(F)F)c1. The van der Waals surface area contributed by atoms with Crippen LogP contribution in [0.25, 0.3) is 0 Å². The van der Waals surface area contributed by atoms with Crippen LogP contribution in [-0.4, -0.2) is 31.7 Å². The molecule has 0 heterocycles. The number of carbonyl (C=O) groups excluding carboxylic acids is 2. The van der Waals surface area contributed by atoms with Crippen LogP contribution in [-0.2, 0) is 15.8 Å². The number of amides is 2. The van der Waals surface area contributed by atoms with Gasteiger partial charge in [-0.15, -0.1) is 0 Å². The molecule has 0 aliphatic rings. The first-order valence-corrected chi connectivity index (χ1v) is 8.29. The van der Waals surface area contributed by atoms with E-state index in [0.717, 1.165) is 24.3 Å². The average Bonchev–Trinajstić information content (AvgIpc) is 2.71. The van der Waals surface area contributed by atoms with E-state index in [1.165, 1.54) is 6.07 Å². The van der Waals surface area contributed by atoms with E-state index in [1.54, 1.807) is 0 Å². The number of nitrogens with zero attached hydrogens (tertiary/aromatic N) is 1. The zero-order valence-corrected chi connectivity index (χ0v) is 15.1. The van der Waals surface area contributed by atoms with Crippen molar-refractivity contribution in [2.24, 2.45) is 5.84 Å². The quantitative estimate of drug-likeness (QED) is 0.135. The highest BCUT2D eigenvalue weighted by Crippen LogP contribution is 2.35. The molecule has 0 fully saturated rings. The lowest BCUT2D eigenvalue weighted by Crippen LogP contribution is -2.37. The Labute approximate surface area is 168 Å². The topological polar surface area (TPSA) is 75.4 Å². The Hall–Kier alpha value is -3.02.